The SMILES string of the molecule is Cc1cccc(N2C(=O)C(c3c(C)[nH]n(-c4ccc(F)cc4)c3=O)=C([n+]3ccc(C)c(C)c3)C2=O)c1. The van der Waals surface area contributed by atoms with E-state index in [1.165, 1.54) is 28.9 Å². The van der Waals surface area contributed by atoms with Crippen LogP contribution >= 0.6 is 0 Å². The van der Waals surface area contributed by atoms with Crippen LogP contribution in [-0.2, 0) is 9.59 Å². The molecule has 0 saturated heterocycles. The van der Waals surface area contributed by atoms with Gasteiger partial charge in [0, 0.05) is 17.3 Å². The van der Waals surface area contributed by atoms with Crippen LogP contribution in [0.25, 0.3) is 17.0 Å². The van der Waals surface area contributed by atoms with Crippen LogP contribution in [0.3, 0.4) is 0 Å². The average molecular weight is 484 g/mol. The largest absolute Gasteiger partial charge is 0.331 e. The van der Waals surface area contributed by atoms with Gasteiger partial charge in [-0.15, -0.1) is 0 Å². The highest BCUT2D eigenvalue weighted by atomic mass is 19.1. The van der Waals surface area contributed by atoms with Crippen molar-refractivity contribution in [1.29, 1.82) is 0 Å². The Morgan fingerprint density at radius 3 is 2.22 bits per heavy atom. The Kier molecular flexibility index (Phi) is 5.51. The Labute approximate surface area is 206 Å². The van der Waals surface area contributed by atoms with Crippen molar-refractivity contribution in [3.63, 3.8) is 0 Å². The van der Waals surface area contributed by atoms with Gasteiger partial charge in [0.2, 0.25) is 0 Å². The van der Waals surface area contributed by atoms with E-state index in [1.54, 1.807) is 42.1 Å². The van der Waals surface area contributed by atoms with Gasteiger partial charge < -0.3 is 0 Å². The van der Waals surface area contributed by atoms with Crippen LogP contribution in [0.2, 0.25) is 0 Å². The number of nitrogens with one attached hydrogen (secondary N) is 1. The van der Waals surface area contributed by atoms with Crippen LogP contribution in [0, 0.1) is 33.5 Å². The summed E-state index contributed by atoms with van der Waals surface area (Å²) in [4.78, 5) is 42.4. The summed E-state index contributed by atoms with van der Waals surface area (Å²) in [6.07, 6.45) is 3.49. The zero-order chi connectivity index (χ0) is 25.7. The van der Waals surface area contributed by atoms with Gasteiger partial charge in [-0.25, -0.2) is 14.0 Å². The maximum absolute atomic E-state index is 13.9. The summed E-state index contributed by atoms with van der Waals surface area (Å²) in [5, 5.41) is 2.97. The normalized spacial score (nSPS) is 13.8. The van der Waals surface area contributed by atoms with Crippen molar-refractivity contribution in [2.45, 2.75) is 27.7 Å². The fourth-order valence-electron chi connectivity index (χ4n) is 4.41. The Morgan fingerprint density at radius 2 is 1.56 bits per heavy atom. The highest BCUT2D eigenvalue weighted by Crippen LogP contribution is 2.33. The number of hydrogen-bond acceptors (Lipinski definition) is 3. The zero-order valence-corrected chi connectivity index (χ0v) is 20.3. The molecule has 0 atom stereocenters. The first-order valence-corrected chi connectivity index (χ1v) is 11.4. The Morgan fingerprint density at radius 1 is 0.833 bits per heavy atom. The molecule has 1 N–H and O–H groups in total. The molecule has 7 nitrogen and oxygen atoms in total. The van der Waals surface area contributed by atoms with Gasteiger partial charge in [0.25, 0.3) is 17.2 Å². The predicted molar refractivity (Wildman–Crippen MR) is 134 cm³/mol. The van der Waals surface area contributed by atoms with Crippen LogP contribution in [0.15, 0.2) is 71.8 Å². The van der Waals surface area contributed by atoms with Gasteiger partial charge in [-0.1, -0.05) is 12.1 Å². The van der Waals surface area contributed by atoms with Crippen molar-refractivity contribution in [1.82, 2.24) is 9.78 Å². The van der Waals surface area contributed by atoms with Crippen molar-refractivity contribution in [2.24, 2.45) is 0 Å². The minimum Gasteiger partial charge on any atom is -0.295 e. The van der Waals surface area contributed by atoms with Crippen molar-refractivity contribution >= 4 is 28.8 Å². The third-order valence-electron chi connectivity index (χ3n) is 6.42. The summed E-state index contributed by atoms with van der Waals surface area (Å²) in [5.41, 5.74) is 3.76. The van der Waals surface area contributed by atoms with E-state index >= 15 is 0 Å². The highest BCUT2D eigenvalue weighted by molar-refractivity contribution is 6.53. The number of carbonyl (C=O) groups is 2. The molecule has 1 aliphatic rings. The number of imide groups is 1. The van der Waals surface area contributed by atoms with E-state index in [9.17, 15) is 18.8 Å². The highest BCUT2D eigenvalue weighted by Gasteiger charge is 2.48. The number of carbonyl (C=O) groups excluding carboxylic acids is 2. The molecule has 0 bridgehead atoms. The summed E-state index contributed by atoms with van der Waals surface area (Å²) in [6.45, 7) is 7.40. The van der Waals surface area contributed by atoms with Gasteiger partial charge in [-0.3, -0.25) is 19.5 Å². The lowest BCUT2D eigenvalue weighted by molar-refractivity contribution is -0.577. The van der Waals surface area contributed by atoms with Crippen LogP contribution in [0.4, 0.5) is 10.1 Å². The first-order valence-electron chi connectivity index (χ1n) is 11.4. The molecule has 5 rings (SSSR count). The number of aromatic amines is 1. The average Bonchev–Trinajstić information content (AvgIpc) is 3.27. The smallest absolute Gasteiger partial charge is 0.295 e. The number of aromatic nitrogens is 3. The summed E-state index contributed by atoms with van der Waals surface area (Å²) in [7, 11) is 0. The van der Waals surface area contributed by atoms with E-state index in [0.717, 1.165) is 21.6 Å². The van der Waals surface area contributed by atoms with Gasteiger partial charge in [0.1, 0.15) is 11.4 Å². The summed E-state index contributed by atoms with van der Waals surface area (Å²) < 4.78 is 16.3. The molecule has 0 aliphatic carbocycles. The lowest BCUT2D eigenvalue weighted by Gasteiger charge is -2.14. The number of anilines is 1. The van der Waals surface area contributed by atoms with Crippen molar-refractivity contribution in [3.05, 3.63) is 111 Å². The first kappa shape index (κ1) is 23.2. The number of amides is 2. The number of H-pyrrole nitrogens is 1. The van der Waals surface area contributed by atoms with Crippen LogP contribution in [-0.4, -0.2) is 21.6 Å². The molecule has 4 aromatic rings. The molecule has 180 valence electrons. The van der Waals surface area contributed by atoms with Gasteiger partial charge in [-0.2, -0.15) is 4.57 Å². The van der Waals surface area contributed by atoms with Crippen molar-refractivity contribution < 1.29 is 18.5 Å². The number of rotatable bonds is 4. The maximum atomic E-state index is 13.9. The van der Waals surface area contributed by atoms with E-state index in [4.69, 9.17) is 0 Å². The number of benzene rings is 2. The molecule has 36 heavy (non-hydrogen) atoms. The molecule has 0 saturated carbocycles. The molecule has 1 aliphatic heterocycles. The van der Waals surface area contributed by atoms with Crippen LogP contribution in [0.5, 0.6) is 0 Å². The van der Waals surface area contributed by atoms with Gasteiger partial charge >= 0.3 is 5.91 Å². The van der Waals surface area contributed by atoms with Crippen LogP contribution < -0.4 is 15.0 Å². The minimum atomic E-state index is -0.586. The van der Waals surface area contributed by atoms with Crippen molar-refractivity contribution in [3.8, 4) is 5.69 Å². The van der Waals surface area contributed by atoms with Gasteiger partial charge in [-0.05, 0) is 75.2 Å². The second-order valence-electron chi connectivity index (χ2n) is 8.96. The quantitative estimate of drug-likeness (QED) is 0.355. The summed E-state index contributed by atoms with van der Waals surface area (Å²) >= 11 is 0. The number of halogens is 1. The van der Waals surface area contributed by atoms with Crippen LogP contribution in [0.1, 0.15) is 27.9 Å². The molecular formula is C28H24FN4O3+. The number of aryl methyl sites for hydroxylation is 4. The molecule has 8 heteroatoms. The Bertz CT molecular complexity index is 1640. The molecule has 3 heterocycles. The van der Waals surface area contributed by atoms with E-state index in [0.29, 0.717) is 17.1 Å². The topological polar surface area (TPSA) is 79.1 Å². The summed E-state index contributed by atoms with van der Waals surface area (Å²) in [5.74, 6) is -1.55. The standard InChI is InChI=1S/C28H23FN4O3/c1-16-6-5-7-22(14-16)32-26(34)24(25(28(32)36)31-13-12-17(2)18(3)15-31)23-19(4)30-33(27(23)35)21-10-8-20(29)9-11-21/h5-15H,1-4H3/p+1. The summed E-state index contributed by atoms with van der Waals surface area (Å²) in [6, 6.07) is 14.4. The first-order chi connectivity index (χ1) is 17.2. The fourth-order valence-corrected chi connectivity index (χ4v) is 4.41. The molecular weight excluding hydrogens is 459 g/mol. The third-order valence-corrected chi connectivity index (χ3v) is 6.42. The minimum absolute atomic E-state index is 0.00868. The van der Waals surface area contributed by atoms with E-state index in [-0.39, 0.29) is 16.8 Å². The second-order valence-corrected chi connectivity index (χ2v) is 8.96. The van der Waals surface area contributed by atoms with E-state index < -0.39 is 23.2 Å². The lowest BCUT2D eigenvalue weighted by atomic mass is 10.0. The zero-order valence-electron chi connectivity index (χ0n) is 20.3. The molecule has 0 fully saturated rings. The number of hydrogen-bond donors (Lipinski definition) is 1. The van der Waals surface area contributed by atoms with Gasteiger partial charge in [0.05, 0.1) is 16.9 Å². The second kappa shape index (κ2) is 8.57. The molecule has 0 unspecified atom stereocenters. The molecule has 0 spiro atoms. The lowest BCUT2D eigenvalue weighted by Crippen LogP contribution is -2.40. The number of nitrogens with zero attached hydrogens (tertiary/aromatic N) is 3. The predicted octanol–water partition coefficient (Wildman–Crippen LogP) is 3.77. The Hall–Kier alpha value is -4.59. The molecule has 0 radical (unpaired) electrons. The van der Waals surface area contributed by atoms with E-state index in [2.05, 4.69) is 5.10 Å². The van der Waals surface area contributed by atoms with Crippen molar-refractivity contribution in [2.75, 3.05) is 4.90 Å². The monoisotopic (exact) mass is 483 g/mol. The molecule has 2 aromatic carbocycles. The number of pyridine rings is 1. The fraction of sp³-hybridized carbons (Fsp3) is 0.143. The maximum Gasteiger partial charge on any atom is 0.331 e. The third kappa shape index (κ3) is 3.67. The van der Waals surface area contributed by atoms with Gasteiger partial charge in [0.15, 0.2) is 12.4 Å². The van der Waals surface area contributed by atoms with E-state index in [1.807, 2.05) is 32.9 Å². The molecule has 2 amide bonds. The Balaban J connectivity index is 1.77. The molecule has 2 aromatic heterocycles.